The minimum Gasteiger partial charge on any atom is -0.450 e. The largest absolute Gasteiger partial charge is 0.450 e. The molecule has 2 N–H and O–H groups in total. The van der Waals surface area contributed by atoms with Gasteiger partial charge in [0, 0.05) is 11.5 Å². The van der Waals surface area contributed by atoms with Crippen molar-refractivity contribution in [2.75, 3.05) is 11.9 Å². The van der Waals surface area contributed by atoms with Gasteiger partial charge in [0.1, 0.15) is 0 Å². The quantitative estimate of drug-likeness (QED) is 0.832. The summed E-state index contributed by atoms with van der Waals surface area (Å²) in [5.41, 5.74) is 0.905. The SMILES string of the molecule is CCOC(=O)Nc1cccc2ccc(=O)[nH]c12. The lowest BCUT2D eigenvalue weighted by Crippen LogP contribution is -2.14. The summed E-state index contributed by atoms with van der Waals surface area (Å²) < 4.78 is 4.78. The van der Waals surface area contributed by atoms with Crippen molar-refractivity contribution in [3.63, 3.8) is 0 Å². The number of carbonyl (C=O) groups excluding carboxylic acids is 1. The predicted octanol–water partition coefficient (Wildman–Crippen LogP) is 2.10. The molecule has 0 aliphatic rings. The molecule has 0 atom stereocenters. The molecule has 0 fully saturated rings. The van der Waals surface area contributed by atoms with Crippen LogP contribution < -0.4 is 10.9 Å². The predicted molar refractivity (Wildman–Crippen MR) is 65.2 cm³/mol. The van der Waals surface area contributed by atoms with E-state index < -0.39 is 6.09 Å². The van der Waals surface area contributed by atoms with Crippen molar-refractivity contribution < 1.29 is 9.53 Å². The standard InChI is InChI=1S/C12H12N2O3/c1-2-17-12(16)13-9-5-3-4-8-6-7-10(15)14-11(8)9/h3-7H,2H2,1H3,(H,13,16)(H,14,15). The van der Waals surface area contributed by atoms with Crippen LogP contribution in [0.3, 0.4) is 0 Å². The van der Waals surface area contributed by atoms with Crippen molar-refractivity contribution in [2.24, 2.45) is 0 Å². The summed E-state index contributed by atoms with van der Waals surface area (Å²) in [7, 11) is 0. The molecule has 0 unspecified atom stereocenters. The number of ether oxygens (including phenoxy) is 1. The molecule has 0 bridgehead atoms. The molecule has 0 radical (unpaired) electrons. The maximum atomic E-state index is 11.3. The molecule has 0 aliphatic carbocycles. The summed E-state index contributed by atoms with van der Waals surface area (Å²) in [5, 5.41) is 3.43. The number of nitrogens with one attached hydrogen (secondary N) is 2. The van der Waals surface area contributed by atoms with Gasteiger partial charge in [-0.1, -0.05) is 12.1 Å². The van der Waals surface area contributed by atoms with E-state index in [1.54, 1.807) is 25.1 Å². The Morgan fingerprint density at radius 1 is 1.35 bits per heavy atom. The van der Waals surface area contributed by atoms with Gasteiger partial charge < -0.3 is 9.72 Å². The van der Waals surface area contributed by atoms with Gasteiger partial charge in [0.2, 0.25) is 5.56 Å². The molecule has 1 amide bonds. The van der Waals surface area contributed by atoms with Crippen LogP contribution in [0.25, 0.3) is 10.9 Å². The van der Waals surface area contributed by atoms with Crippen LogP contribution in [-0.4, -0.2) is 17.7 Å². The zero-order valence-corrected chi connectivity index (χ0v) is 9.32. The van der Waals surface area contributed by atoms with E-state index in [2.05, 4.69) is 10.3 Å². The Labute approximate surface area is 97.4 Å². The summed E-state index contributed by atoms with van der Waals surface area (Å²) in [5.74, 6) is 0. The van der Waals surface area contributed by atoms with Gasteiger partial charge >= 0.3 is 6.09 Å². The van der Waals surface area contributed by atoms with Crippen LogP contribution in [0, 0.1) is 0 Å². The molecule has 0 saturated heterocycles. The maximum absolute atomic E-state index is 11.3. The number of H-pyrrole nitrogens is 1. The van der Waals surface area contributed by atoms with E-state index in [-0.39, 0.29) is 5.56 Å². The number of fused-ring (bicyclic) bond motifs is 1. The Kier molecular flexibility index (Phi) is 3.09. The lowest BCUT2D eigenvalue weighted by Gasteiger charge is -2.07. The highest BCUT2D eigenvalue weighted by molar-refractivity contribution is 5.97. The molecule has 0 saturated carbocycles. The number of benzene rings is 1. The van der Waals surface area contributed by atoms with Crippen molar-refractivity contribution >= 4 is 22.7 Å². The number of amides is 1. The molecule has 1 heterocycles. The minimum absolute atomic E-state index is 0.212. The van der Waals surface area contributed by atoms with Crippen LogP contribution in [-0.2, 0) is 4.74 Å². The van der Waals surface area contributed by atoms with Gasteiger partial charge in [0.05, 0.1) is 17.8 Å². The minimum atomic E-state index is -0.537. The first-order chi connectivity index (χ1) is 8.20. The van der Waals surface area contributed by atoms with E-state index in [4.69, 9.17) is 4.74 Å². The topological polar surface area (TPSA) is 71.2 Å². The van der Waals surface area contributed by atoms with Crippen molar-refractivity contribution in [3.05, 3.63) is 40.7 Å². The highest BCUT2D eigenvalue weighted by Crippen LogP contribution is 2.19. The van der Waals surface area contributed by atoms with Gasteiger partial charge in [0.25, 0.3) is 0 Å². The van der Waals surface area contributed by atoms with Crippen molar-refractivity contribution in [2.45, 2.75) is 6.92 Å². The van der Waals surface area contributed by atoms with Crippen molar-refractivity contribution in [1.29, 1.82) is 0 Å². The monoisotopic (exact) mass is 232 g/mol. The molecule has 5 nitrogen and oxygen atoms in total. The summed E-state index contributed by atoms with van der Waals surface area (Å²) in [6, 6.07) is 8.49. The van der Waals surface area contributed by atoms with Gasteiger partial charge in [0.15, 0.2) is 0 Å². The number of anilines is 1. The van der Waals surface area contributed by atoms with E-state index in [0.717, 1.165) is 5.39 Å². The van der Waals surface area contributed by atoms with Crippen LogP contribution in [0.15, 0.2) is 35.1 Å². The summed E-state index contributed by atoms with van der Waals surface area (Å²) in [6.45, 7) is 2.03. The molecule has 1 aromatic carbocycles. The molecule has 1 aromatic heterocycles. The average Bonchev–Trinajstić information content (AvgIpc) is 2.30. The van der Waals surface area contributed by atoms with Crippen LogP contribution in [0.5, 0.6) is 0 Å². The van der Waals surface area contributed by atoms with Gasteiger partial charge in [-0.3, -0.25) is 10.1 Å². The van der Waals surface area contributed by atoms with E-state index in [1.165, 1.54) is 6.07 Å². The number of pyridine rings is 1. The Bertz CT molecular complexity index is 604. The maximum Gasteiger partial charge on any atom is 0.411 e. The summed E-state index contributed by atoms with van der Waals surface area (Å²) >= 11 is 0. The molecule has 17 heavy (non-hydrogen) atoms. The Balaban J connectivity index is 2.43. The van der Waals surface area contributed by atoms with Gasteiger partial charge in [-0.25, -0.2) is 4.79 Å². The third-order valence-electron chi connectivity index (χ3n) is 2.27. The number of hydrogen-bond donors (Lipinski definition) is 2. The third-order valence-corrected chi connectivity index (χ3v) is 2.27. The highest BCUT2D eigenvalue weighted by atomic mass is 16.5. The molecule has 2 aromatic rings. The van der Waals surface area contributed by atoms with Gasteiger partial charge in [-0.05, 0) is 19.1 Å². The van der Waals surface area contributed by atoms with Gasteiger partial charge in [-0.2, -0.15) is 0 Å². The lowest BCUT2D eigenvalue weighted by molar-refractivity contribution is 0.168. The fraction of sp³-hybridized carbons (Fsp3) is 0.167. The molecular weight excluding hydrogens is 220 g/mol. The molecule has 2 rings (SSSR count). The molecular formula is C12H12N2O3. The second kappa shape index (κ2) is 4.69. The van der Waals surface area contributed by atoms with E-state index >= 15 is 0 Å². The summed E-state index contributed by atoms with van der Waals surface area (Å²) in [4.78, 5) is 25.2. The number of para-hydroxylation sites is 1. The average molecular weight is 232 g/mol. The lowest BCUT2D eigenvalue weighted by atomic mass is 10.2. The first-order valence-corrected chi connectivity index (χ1v) is 5.26. The highest BCUT2D eigenvalue weighted by Gasteiger charge is 2.06. The molecule has 0 spiro atoms. The van der Waals surface area contributed by atoms with Crippen LogP contribution in [0.1, 0.15) is 6.92 Å². The number of hydrogen-bond acceptors (Lipinski definition) is 3. The number of carbonyl (C=O) groups is 1. The van der Waals surface area contributed by atoms with E-state index in [9.17, 15) is 9.59 Å². The second-order valence-electron chi connectivity index (χ2n) is 3.44. The zero-order valence-electron chi connectivity index (χ0n) is 9.32. The Morgan fingerprint density at radius 3 is 2.94 bits per heavy atom. The number of aromatic amines is 1. The number of aromatic nitrogens is 1. The third kappa shape index (κ3) is 2.44. The normalized spacial score (nSPS) is 10.2. The molecule has 0 aliphatic heterocycles. The number of rotatable bonds is 2. The first kappa shape index (κ1) is 11.2. The Hall–Kier alpha value is -2.30. The van der Waals surface area contributed by atoms with Crippen LogP contribution in [0.2, 0.25) is 0 Å². The van der Waals surface area contributed by atoms with Crippen LogP contribution in [0.4, 0.5) is 10.5 Å². The smallest absolute Gasteiger partial charge is 0.411 e. The van der Waals surface area contributed by atoms with E-state index in [0.29, 0.717) is 17.8 Å². The fourth-order valence-corrected chi connectivity index (χ4v) is 1.56. The van der Waals surface area contributed by atoms with Crippen molar-refractivity contribution in [3.8, 4) is 0 Å². The first-order valence-electron chi connectivity index (χ1n) is 5.26. The Morgan fingerprint density at radius 2 is 2.18 bits per heavy atom. The molecule has 88 valence electrons. The van der Waals surface area contributed by atoms with Crippen LogP contribution >= 0.6 is 0 Å². The van der Waals surface area contributed by atoms with E-state index in [1.807, 2.05) is 6.07 Å². The second-order valence-corrected chi connectivity index (χ2v) is 3.44. The summed E-state index contributed by atoms with van der Waals surface area (Å²) in [6.07, 6.45) is -0.537. The van der Waals surface area contributed by atoms with Crippen molar-refractivity contribution in [1.82, 2.24) is 4.98 Å². The van der Waals surface area contributed by atoms with Gasteiger partial charge in [-0.15, -0.1) is 0 Å². The fourth-order valence-electron chi connectivity index (χ4n) is 1.56. The zero-order chi connectivity index (χ0) is 12.3. The molecule has 5 heteroatoms.